The minimum absolute atomic E-state index is 0.143. The van der Waals surface area contributed by atoms with Gasteiger partial charge in [0.15, 0.2) is 0 Å². The fraction of sp³-hybridized carbons (Fsp3) is 0.462. The first-order valence-corrected chi connectivity index (χ1v) is 5.94. The summed E-state index contributed by atoms with van der Waals surface area (Å²) >= 11 is 0. The molecular weight excluding hydrogens is 248 g/mol. The third kappa shape index (κ3) is 3.75. The fourth-order valence-corrected chi connectivity index (χ4v) is 1.46. The van der Waals surface area contributed by atoms with Crippen LogP contribution in [0.4, 0.5) is 0 Å². The molecule has 0 saturated carbocycles. The second kappa shape index (κ2) is 6.29. The van der Waals surface area contributed by atoms with Crippen LogP contribution in [0.2, 0.25) is 0 Å². The van der Waals surface area contributed by atoms with Crippen molar-refractivity contribution in [1.82, 2.24) is 10.3 Å². The number of hydrogen-bond donors (Lipinski definition) is 2. The Morgan fingerprint density at radius 3 is 2.74 bits per heavy atom. The van der Waals surface area contributed by atoms with Crippen molar-refractivity contribution in [2.45, 2.75) is 32.4 Å². The van der Waals surface area contributed by atoms with Crippen LogP contribution in [0.1, 0.15) is 36.3 Å². The van der Waals surface area contributed by atoms with Gasteiger partial charge in [0, 0.05) is 13.3 Å². The van der Waals surface area contributed by atoms with Crippen LogP contribution < -0.4 is 5.32 Å². The average Bonchev–Trinajstić information content (AvgIpc) is 2.44. The van der Waals surface area contributed by atoms with Gasteiger partial charge in [-0.15, -0.1) is 0 Å². The van der Waals surface area contributed by atoms with E-state index in [0.29, 0.717) is 12.1 Å². The van der Waals surface area contributed by atoms with E-state index in [4.69, 9.17) is 9.84 Å². The zero-order valence-corrected chi connectivity index (χ0v) is 11.3. The molecule has 0 spiro atoms. The molecule has 0 fully saturated rings. The molecule has 1 unspecified atom stereocenters. The van der Waals surface area contributed by atoms with Crippen molar-refractivity contribution in [2.75, 3.05) is 7.11 Å². The molecular formula is C13H18N2O4. The molecule has 1 rings (SSSR count). The van der Waals surface area contributed by atoms with E-state index in [9.17, 15) is 9.59 Å². The first-order valence-electron chi connectivity index (χ1n) is 5.94. The van der Waals surface area contributed by atoms with Gasteiger partial charge in [0.05, 0.1) is 17.8 Å². The summed E-state index contributed by atoms with van der Waals surface area (Å²) in [5.74, 6) is -1.27. The molecule has 0 aliphatic heterocycles. The van der Waals surface area contributed by atoms with E-state index < -0.39 is 11.6 Å². The van der Waals surface area contributed by atoms with Crippen molar-refractivity contribution in [1.29, 1.82) is 0 Å². The van der Waals surface area contributed by atoms with Crippen molar-refractivity contribution in [2.24, 2.45) is 0 Å². The molecule has 1 aromatic heterocycles. The Bertz CT molecular complexity index is 469. The predicted molar refractivity (Wildman–Crippen MR) is 68.7 cm³/mol. The highest BCUT2D eigenvalue weighted by Gasteiger charge is 2.30. The van der Waals surface area contributed by atoms with Crippen LogP contribution in [-0.2, 0) is 16.1 Å². The second-order valence-corrected chi connectivity index (χ2v) is 4.31. The lowest BCUT2D eigenvalue weighted by molar-refractivity contribution is -0.142. The Morgan fingerprint density at radius 1 is 1.53 bits per heavy atom. The largest absolute Gasteiger partial charge is 0.478 e. The van der Waals surface area contributed by atoms with Crippen molar-refractivity contribution in [3.05, 3.63) is 29.6 Å². The van der Waals surface area contributed by atoms with E-state index in [-0.39, 0.29) is 18.0 Å². The summed E-state index contributed by atoms with van der Waals surface area (Å²) in [5.41, 5.74) is -0.253. The number of ether oxygens (including phenoxy) is 1. The third-order valence-electron chi connectivity index (χ3n) is 3.10. The summed E-state index contributed by atoms with van der Waals surface area (Å²) < 4.78 is 5.17. The van der Waals surface area contributed by atoms with Crippen molar-refractivity contribution in [3.8, 4) is 0 Å². The summed E-state index contributed by atoms with van der Waals surface area (Å²) in [5, 5.41) is 11.5. The Labute approximate surface area is 111 Å². The van der Waals surface area contributed by atoms with Crippen molar-refractivity contribution < 1.29 is 19.4 Å². The van der Waals surface area contributed by atoms with Gasteiger partial charge in [-0.3, -0.25) is 9.78 Å². The highest BCUT2D eigenvalue weighted by atomic mass is 16.5. The molecule has 0 aliphatic rings. The first kappa shape index (κ1) is 15.1. The number of nitrogens with zero attached hydrogens (tertiary/aromatic N) is 1. The molecule has 0 aromatic carbocycles. The summed E-state index contributed by atoms with van der Waals surface area (Å²) in [6.07, 6.45) is 1.94. The molecule has 0 radical (unpaired) electrons. The maximum Gasteiger partial charge on any atom is 0.335 e. The summed E-state index contributed by atoms with van der Waals surface area (Å²) in [6, 6.07) is 2.83. The van der Waals surface area contributed by atoms with Gasteiger partial charge in [-0.25, -0.2) is 4.79 Å². The van der Waals surface area contributed by atoms with Crippen LogP contribution >= 0.6 is 0 Å². The van der Waals surface area contributed by atoms with E-state index in [1.165, 1.54) is 25.4 Å². The molecule has 0 saturated heterocycles. The number of amides is 1. The third-order valence-corrected chi connectivity index (χ3v) is 3.10. The zero-order chi connectivity index (χ0) is 14.5. The molecule has 1 heterocycles. The Kier molecular flexibility index (Phi) is 5.00. The maximum atomic E-state index is 11.9. The fourth-order valence-electron chi connectivity index (χ4n) is 1.46. The SMILES string of the molecule is CCC(C)(OC)C(=O)NCc1cc(C(=O)O)ccn1. The molecule has 104 valence electrons. The van der Waals surface area contributed by atoms with Crippen molar-refractivity contribution >= 4 is 11.9 Å². The van der Waals surface area contributed by atoms with Gasteiger partial charge >= 0.3 is 5.97 Å². The molecule has 6 heteroatoms. The number of aromatic nitrogens is 1. The van der Waals surface area contributed by atoms with Crippen LogP contribution in [0.25, 0.3) is 0 Å². The number of aromatic carboxylic acids is 1. The minimum atomic E-state index is -1.02. The molecule has 2 N–H and O–H groups in total. The highest BCUT2D eigenvalue weighted by molar-refractivity contribution is 5.87. The number of hydrogen-bond acceptors (Lipinski definition) is 4. The monoisotopic (exact) mass is 266 g/mol. The highest BCUT2D eigenvalue weighted by Crippen LogP contribution is 2.14. The number of carboxylic acids is 1. The van der Waals surface area contributed by atoms with E-state index in [2.05, 4.69) is 10.3 Å². The second-order valence-electron chi connectivity index (χ2n) is 4.31. The van der Waals surface area contributed by atoms with Crippen LogP contribution in [0.15, 0.2) is 18.3 Å². The summed E-state index contributed by atoms with van der Waals surface area (Å²) in [7, 11) is 1.48. The van der Waals surface area contributed by atoms with Gasteiger partial charge in [-0.2, -0.15) is 0 Å². The van der Waals surface area contributed by atoms with E-state index >= 15 is 0 Å². The van der Waals surface area contributed by atoms with Crippen LogP contribution in [-0.4, -0.2) is 34.7 Å². The van der Waals surface area contributed by atoms with Crippen molar-refractivity contribution in [3.63, 3.8) is 0 Å². The smallest absolute Gasteiger partial charge is 0.335 e. The lowest BCUT2D eigenvalue weighted by Crippen LogP contribution is -2.45. The van der Waals surface area contributed by atoms with Gasteiger partial charge in [0.2, 0.25) is 0 Å². The van der Waals surface area contributed by atoms with Crippen LogP contribution in [0.5, 0.6) is 0 Å². The number of pyridine rings is 1. The molecule has 0 bridgehead atoms. The van der Waals surface area contributed by atoms with Gasteiger partial charge in [0.25, 0.3) is 5.91 Å². The van der Waals surface area contributed by atoms with Crippen LogP contribution in [0, 0.1) is 0 Å². The summed E-state index contributed by atoms with van der Waals surface area (Å²) in [6.45, 7) is 3.72. The number of methoxy groups -OCH3 is 1. The number of carbonyl (C=O) groups is 2. The van der Waals surface area contributed by atoms with Gasteiger partial charge in [0.1, 0.15) is 5.60 Å². The van der Waals surface area contributed by atoms with Gasteiger partial charge < -0.3 is 15.2 Å². The van der Waals surface area contributed by atoms with Gasteiger partial charge in [-0.05, 0) is 25.5 Å². The number of rotatable bonds is 6. The van der Waals surface area contributed by atoms with Crippen LogP contribution in [0.3, 0.4) is 0 Å². The normalized spacial score (nSPS) is 13.6. The number of carbonyl (C=O) groups excluding carboxylic acids is 1. The first-order chi connectivity index (χ1) is 8.92. The zero-order valence-electron chi connectivity index (χ0n) is 11.3. The lowest BCUT2D eigenvalue weighted by Gasteiger charge is -2.25. The Morgan fingerprint density at radius 2 is 2.21 bits per heavy atom. The molecule has 0 aliphatic carbocycles. The Balaban J connectivity index is 2.69. The van der Waals surface area contributed by atoms with E-state index in [1.54, 1.807) is 6.92 Å². The van der Waals surface area contributed by atoms with E-state index in [1.807, 2.05) is 6.92 Å². The lowest BCUT2D eigenvalue weighted by atomic mass is 10.0. The number of nitrogens with one attached hydrogen (secondary N) is 1. The van der Waals surface area contributed by atoms with Gasteiger partial charge in [-0.1, -0.05) is 6.92 Å². The maximum absolute atomic E-state index is 11.9. The molecule has 1 aromatic rings. The number of carboxylic acid groups (broad SMARTS) is 1. The summed E-state index contributed by atoms with van der Waals surface area (Å²) in [4.78, 5) is 26.8. The molecule has 1 amide bonds. The molecule has 19 heavy (non-hydrogen) atoms. The molecule has 6 nitrogen and oxygen atoms in total. The standard InChI is InChI=1S/C13H18N2O4/c1-4-13(2,19-3)12(18)15-8-10-7-9(11(16)17)5-6-14-10/h5-7H,4,8H2,1-3H3,(H,15,18)(H,16,17). The average molecular weight is 266 g/mol. The van der Waals surface area contributed by atoms with E-state index in [0.717, 1.165) is 0 Å². The minimum Gasteiger partial charge on any atom is -0.478 e. The topological polar surface area (TPSA) is 88.5 Å². The Hall–Kier alpha value is -1.95. The molecule has 1 atom stereocenters. The predicted octanol–water partition coefficient (Wildman–Crippen LogP) is 1.21. The quantitative estimate of drug-likeness (QED) is 0.808.